The zero-order valence-corrected chi connectivity index (χ0v) is 21.3. The molecule has 0 aliphatic carbocycles. The van der Waals surface area contributed by atoms with Gasteiger partial charge in [-0.3, -0.25) is 9.59 Å². The quantitative estimate of drug-likeness (QED) is 0.512. The smallest absolute Gasteiger partial charge is 0.328 e. The highest BCUT2D eigenvalue weighted by molar-refractivity contribution is 5.96. The highest BCUT2D eigenvalue weighted by Gasteiger charge is 2.29. The molecule has 1 heterocycles. The second-order valence-corrected chi connectivity index (χ2v) is 10.1. The average Bonchev–Trinajstić information content (AvgIpc) is 2.79. The van der Waals surface area contributed by atoms with Crippen molar-refractivity contribution in [2.45, 2.75) is 47.1 Å². The number of carbonyl (C=O) groups is 3. The van der Waals surface area contributed by atoms with Crippen LogP contribution in [0.5, 0.6) is 0 Å². The van der Waals surface area contributed by atoms with Crippen molar-refractivity contribution in [2.75, 3.05) is 11.9 Å². The van der Waals surface area contributed by atoms with Crippen molar-refractivity contribution in [1.82, 2.24) is 5.01 Å². The third-order valence-electron chi connectivity index (χ3n) is 5.67. The second kappa shape index (κ2) is 11.2. The van der Waals surface area contributed by atoms with Gasteiger partial charge in [0.15, 0.2) is 6.61 Å². The van der Waals surface area contributed by atoms with E-state index < -0.39 is 11.9 Å². The average molecular weight is 492 g/mol. The fourth-order valence-electron chi connectivity index (χ4n) is 3.84. The molecule has 0 fully saturated rings. The van der Waals surface area contributed by atoms with E-state index in [1.807, 2.05) is 58.9 Å². The number of nitrogens with one attached hydrogen (secondary N) is 1. The Labute approximate surface area is 211 Å². The second-order valence-electron chi connectivity index (χ2n) is 10.1. The molecule has 1 atom stereocenters. The molecule has 0 bridgehead atoms. The molecule has 2 amide bonds. The third kappa shape index (κ3) is 7.04. The Balaban J connectivity index is 1.74. The number of rotatable bonds is 8. The summed E-state index contributed by atoms with van der Waals surface area (Å²) in [6, 6.07) is 14.6. The first-order chi connectivity index (χ1) is 16.9. The van der Waals surface area contributed by atoms with Crippen molar-refractivity contribution in [3.8, 4) is 0 Å². The van der Waals surface area contributed by atoms with Gasteiger partial charge in [0.1, 0.15) is 0 Å². The van der Waals surface area contributed by atoms with E-state index in [4.69, 9.17) is 9.84 Å². The summed E-state index contributed by atoms with van der Waals surface area (Å²) < 4.78 is 5.49. The van der Waals surface area contributed by atoms with Crippen LogP contribution in [-0.2, 0) is 25.7 Å². The van der Waals surface area contributed by atoms with Crippen molar-refractivity contribution in [2.24, 2.45) is 16.4 Å². The lowest BCUT2D eigenvalue weighted by Crippen LogP contribution is -2.40. The zero-order valence-electron chi connectivity index (χ0n) is 21.3. The Morgan fingerprint density at radius 2 is 1.86 bits per heavy atom. The van der Waals surface area contributed by atoms with Gasteiger partial charge in [-0.05, 0) is 40.8 Å². The number of ether oxygens (including phenoxy) is 1. The molecule has 0 saturated carbocycles. The maximum absolute atomic E-state index is 13.2. The Bertz CT molecular complexity index is 1180. The Hall–Kier alpha value is -3.94. The lowest BCUT2D eigenvalue weighted by molar-refractivity contribution is -0.136. The molecule has 2 N–H and O–H groups in total. The number of nitrogens with zero attached hydrogens (tertiary/aromatic N) is 2. The maximum Gasteiger partial charge on any atom is 0.328 e. The minimum absolute atomic E-state index is 0.0307. The van der Waals surface area contributed by atoms with Gasteiger partial charge in [-0.1, -0.05) is 71.0 Å². The number of benzene rings is 2. The van der Waals surface area contributed by atoms with E-state index in [0.29, 0.717) is 23.7 Å². The van der Waals surface area contributed by atoms with E-state index >= 15 is 0 Å². The predicted molar refractivity (Wildman–Crippen MR) is 139 cm³/mol. The fourth-order valence-corrected chi connectivity index (χ4v) is 3.84. The zero-order chi connectivity index (χ0) is 26.5. The number of carbonyl (C=O) groups excluding carboxylic acids is 2. The van der Waals surface area contributed by atoms with Crippen molar-refractivity contribution in [3.05, 3.63) is 71.3 Å². The van der Waals surface area contributed by atoms with E-state index in [-0.39, 0.29) is 29.8 Å². The van der Waals surface area contributed by atoms with E-state index in [0.717, 1.165) is 17.2 Å². The standard InChI is InChI=1S/C28H33N3O5/c1-18(2)25(26(35)29-22-8-6-7-19(15-22)11-14-24(33)34)21-12-9-20(10-13-21)16-31-23(32)17-36-27(30-31)28(3,4)5/h6-15,18,25H,16-17H2,1-5H3,(H,29,35)(H,33,34)/b14-11+. The van der Waals surface area contributed by atoms with Crippen LogP contribution in [0.3, 0.4) is 0 Å². The number of anilines is 1. The number of hydrogen-bond donors (Lipinski definition) is 2. The van der Waals surface area contributed by atoms with Crippen LogP contribution in [0.1, 0.15) is 57.2 Å². The largest absolute Gasteiger partial charge is 0.478 e. The summed E-state index contributed by atoms with van der Waals surface area (Å²) in [5.74, 6) is -1.23. The Kier molecular flexibility index (Phi) is 8.29. The van der Waals surface area contributed by atoms with Crippen molar-refractivity contribution in [1.29, 1.82) is 0 Å². The normalized spacial score (nSPS) is 15.0. The van der Waals surface area contributed by atoms with Crippen LogP contribution in [0, 0.1) is 11.3 Å². The van der Waals surface area contributed by atoms with Gasteiger partial charge in [-0.25, -0.2) is 9.80 Å². The summed E-state index contributed by atoms with van der Waals surface area (Å²) >= 11 is 0. The van der Waals surface area contributed by atoms with E-state index in [2.05, 4.69) is 10.4 Å². The maximum atomic E-state index is 13.2. The van der Waals surface area contributed by atoms with Crippen molar-refractivity contribution in [3.63, 3.8) is 0 Å². The van der Waals surface area contributed by atoms with Crippen LogP contribution in [0.2, 0.25) is 0 Å². The SMILES string of the molecule is CC(C)C(C(=O)Nc1cccc(/C=C/C(=O)O)c1)c1ccc(CN2N=C(C(C)(C)C)OCC2=O)cc1. The highest BCUT2D eigenvalue weighted by Crippen LogP contribution is 2.28. The van der Waals surface area contributed by atoms with Crippen molar-refractivity contribution < 1.29 is 24.2 Å². The molecule has 2 aromatic carbocycles. The minimum atomic E-state index is -1.04. The molecular formula is C28H33N3O5. The lowest BCUT2D eigenvalue weighted by atomic mass is 9.87. The van der Waals surface area contributed by atoms with Gasteiger partial charge in [0.2, 0.25) is 11.8 Å². The van der Waals surface area contributed by atoms with Crippen LogP contribution in [0.4, 0.5) is 5.69 Å². The highest BCUT2D eigenvalue weighted by atomic mass is 16.5. The third-order valence-corrected chi connectivity index (χ3v) is 5.67. The molecule has 8 heteroatoms. The number of hydrogen-bond acceptors (Lipinski definition) is 5. The molecule has 190 valence electrons. The Morgan fingerprint density at radius 3 is 2.47 bits per heavy atom. The van der Waals surface area contributed by atoms with Crippen LogP contribution in [-0.4, -0.2) is 40.4 Å². The van der Waals surface area contributed by atoms with Gasteiger partial charge in [-0.15, -0.1) is 5.10 Å². The van der Waals surface area contributed by atoms with Crippen LogP contribution < -0.4 is 5.32 Å². The number of amides is 2. The number of carboxylic acid groups (broad SMARTS) is 1. The van der Waals surface area contributed by atoms with Crippen molar-refractivity contribution >= 4 is 35.4 Å². The first kappa shape index (κ1) is 26.7. The van der Waals surface area contributed by atoms with Crippen LogP contribution in [0.25, 0.3) is 6.08 Å². The molecule has 1 unspecified atom stereocenters. The topological polar surface area (TPSA) is 108 Å². The summed E-state index contributed by atoms with van der Waals surface area (Å²) in [6.45, 7) is 10.2. The summed E-state index contributed by atoms with van der Waals surface area (Å²) in [7, 11) is 0. The molecule has 0 saturated heterocycles. The fraction of sp³-hybridized carbons (Fsp3) is 0.357. The minimum Gasteiger partial charge on any atom is -0.478 e. The monoisotopic (exact) mass is 491 g/mol. The van der Waals surface area contributed by atoms with Crippen LogP contribution in [0.15, 0.2) is 59.7 Å². The van der Waals surface area contributed by atoms with Gasteiger partial charge in [0, 0.05) is 17.2 Å². The van der Waals surface area contributed by atoms with Gasteiger partial charge >= 0.3 is 5.97 Å². The molecule has 0 aromatic heterocycles. The van der Waals surface area contributed by atoms with Gasteiger partial charge in [-0.2, -0.15) is 0 Å². The number of hydrazone groups is 1. The summed E-state index contributed by atoms with van der Waals surface area (Å²) in [4.78, 5) is 36.3. The lowest BCUT2D eigenvalue weighted by Gasteiger charge is -2.29. The number of aliphatic carboxylic acids is 1. The first-order valence-corrected chi connectivity index (χ1v) is 11.9. The van der Waals surface area contributed by atoms with E-state index in [1.165, 1.54) is 11.1 Å². The predicted octanol–water partition coefficient (Wildman–Crippen LogP) is 4.88. The van der Waals surface area contributed by atoms with Gasteiger partial charge in [0.05, 0.1) is 12.5 Å². The molecule has 1 aliphatic rings. The molecule has 3 rings (SSSR count). The summed E-state index contributed by atoms with van der Waals surface area (Å²) in [5.41, 5.74) is 2.73. The molecule has 8 nitrogen and oxygen atoms in total. The Morgan fingerprint density at radius 1 is 1.17 bits per heavy atom. The summed E-state index contributed by atoms with van der Waals surface area (Å²) in [5, 5.41) is 17.6. The summed E-state index contributed by atoms with van der Waals surface area (Å²) in [6.07, 6.45) is 2.53. The molecular weight excluding hydrogens is 458 g/mol. The number of carboxylic acids is 1. The first-order valence-electron chi connectivity index (χ1n) is 11.9. The molecule has 36 heavy (non-hydrogen) atoms. The molecule has 1 aliphatic heterocycles. The molecule has 0 spiro atoms. The van der Waals surface area contributed by atoms with E-state index in [1.54, 1.807) is 24.3 Å². The molecule has 0 radical (unpaired) electrons. The van der Waals surface area contributed by atoms with E-state index in [9.17, 15) is 14.4 Å². The van der Waals surface area contributed by atoms with Gasteiger partial charge < -0.3 is 15.2 Å². The molecule has 2 aromatic rings. The van der Waals surface area contributed by atoms with Gasteiger partial charge in [0.25, 0.3) is 5.91 Å². The van der Waals surface area contributed by atoms with Crippen LogP contribution >= 0.6 is 0 Å².